The lowest BCUT2D eigenvalue weighted by molar-refractivity contribution is -0.137. The standard InChI is InChI=1S/C20H19BrF3N3O3/c1-12(2)30-17-7-6-13(8-16(17)21)11-25-27-19(29)10-18(28)26-15-5-3-4-14(9-15)20(22,23)24/h3-9,11-12H,10H2,1-2H3,(H,26,28)(H,27,29). The van der Waals surface area contributed by atoms with Gasteiger partial charge in [0.25, 0.3) is 0 Å². The monoisotopic (exact) mass is 485 g/mol. The number of anilines is 1. The van der Waals surface area contributed by atoms with Gasteiger partial charge in [-0.25, -0.2) is 5.43 Å². The van der Waals surface area contributed by atoms with Crippen molar-refractivity contribution in [1.82, 2.24) is 5.43 Å². The Morgan fingerprint density at radius 3 is 2.53 bits per heavy atom. The smallest absolute Gasteiger partial charge is 0.416 e. The van der Waals surface area contributed by atoms with Crippen LogP contribution in [-0.2, 0) is 15.8 Å². The first-order valence-electron chi connectivity index (χ1n) is 8.80. The molecule has 0 saturated carbocycles. The summed E-state index contributed by atoms with van der Waals surface area (Å²) in [5.74, 6) is -0.813. The molecule has 0 aromatic heterocycles. The molecule has 2 aromatic carbocycles. The molecule has 0 aliphatic rings. The summed E-state index contributed by atoms with van der Waals surface area (Å²) < 4.78 is 44.4. The van der Waals surface area contributed by atoms with Crippen molar-refractivity contribution in [2.45, 2.75) is 32.5 Å². The van der Waals surface area contributed by atoms with Crippen LogP contribution in [0.1, 0.15) is 31.4 Å². The first-order chi connectivity index (χ1) is 14.0. The summed E-state index contributed by atoms with van der Waals surface area (Å²) in [6.07, 6.45) is -3.73. The minimum Gasteiger partial charge on any atom is -0.490 e. The van der Waals surface area contributed by atoms with Gasteiger partial charge in [-0.15, -0.1) is 0 Å². The van der Waals surface area contributed by atoms with Crippen LogP contribution in [0, 0.1) is 0 Å². The van der Waals surface area contributed by atoms with E-state index in [-0.39, 0.29) is 11.8 Å². The van der Waals surface area contributed by atoms with Crippen LogP contribution >= 0.6 is 15.9 Å². The highest BCUT2D eigenvalue weighted by Crippen LogP contribution is 2.30. The predicted molar refractivity (Wildman–Crippen MR) is 110 cm³/mol. The maximum Gasteiger partial charge on any atom is 0.416 e. The summed E-state index contributed by atoms with van der Waals surface area (Å²) in [5, 5.41) is 6.02. The second-order valence-electron chi connectivity index (χ2n) is 6.45. The normalized spacial score (nSPS) is 11.6. The molecular formula is C20H19BrF3N3O3. The van der Waals surface area contributed by atoms with Gasteiger partial charge in [0.1, 0.15) is 12.2 Å². The number of halogens is 4. The van der Waals surface area contributed by atoms with E-state index in [2.05, 4.69) is 31.8 Å². The number of hydrazone groups is 1. The maximum absolute atomic E-state index is 12.7. The van der Waals surface area contributed by atoms with Crippen molar-refractivity contribution < 1.29 is 27.5 Å². The SMILES string of the molecule is CC(C)Oc1ccc(C=NNC(=O)CC(=O)Nc2cccc(C(F)(F)F)c2)cc1Br. The van der Waals surface area contributed by atoms with Crippen molar-refractivity contribution in [3.8, 4) is 5.75 Å². The quantitative estimate of drug-likeness (QED) is 0.337. The Morgan fingerprint density at radius 2 is 1.90 bits per heavy atom. The Kier molecular flexibility index (Phi) is 7.99. The first-order valence-corrected chi connectivity index (χ1v) is 9.59. The predicted octanol–water partition coefficient (Wildman–Crippen LogP) is 4.73. The fourth-order valence-corrected chi connectivity index (χ4v) is 2.78. The van der Waals surface area contributed by atoms with E-state index in [0.29, 0.717) is 15.8 Å². The molecular weight excluding hydrogens is 467 g/mol. The van der Waals surface area contributed by atoms with Crippen molar-refractivity contribution in [2.75, 3.05) is 5.32 Å². The molecule has 6 nitrogen and oxygen atoms in total. The molecule has 2 aromatic rings. The summed E-state index contributed by atoms with van der Waals surface area (Å²) in [4.78, 5) is 23.7. The van der Waals surface area contributed by atoms with Gasteiger partial charge in [-0.3, -0.25) is 9.59 Å². The number of rotatable bonds is 7. The molecule has 0 aliphatic heterocycles. The van der Waals surface area contributed by atoms with Gasteiger partial charge in [0, 0.05) is 5.69 Å². The number of benzene rings is 2. The summed E-state index contributed by atoms with van der Waals surface area (Å²) in [6, 6.07) is 9.36. The zero-order valence-corrected chi connectivity index (χ0v) is 17.7. The van der Waals surface area contributed by atoms with Gasteiger partial charge in [0.2, 0.25) is 11.8 Å². The molecule has 2 rings (SSSR count). The molecule has 0 radical (unpaired) electrons. The third-order valence-electron chi connectivity index (χ3n) is 3.52. The van der Waals surface area contributed by atoms with Crippen molar-refractivity contribution in [3.63, 3.8) is 0 Å². The lowest BCUT2D eigenvalue weighted by Gasteiger charge is -2.11. The zero-order chi connectivity index (χ0) is 22.3. The average Bonchev–Trinajstić information content (AvgIpc) is 2.63. The van der Waals surface area contributed by atoms with E-state index in [1.807, 2.05) is 13.8 Å². The maximum atomic E-state index is 12.7. The summed E-state index contributed by atoms with van der Waals surface area (Å²) in [7, 11) is 0. The van der Waals surface area contributed by atoms with Gasteiger partial charge in [-0.1, -0.05) is 6.07 Å². The number of carbonyl (C=O) groups is 2. The van der Waals surface area contributed by atoms with E-state index in [1.165, 1.54) is 18.3 Å². The number of amides is 2. The third kappa shape index (κ3) is 7.51. The van der Waals surface area contributed by atoms with Crippen LogP contribution in [0.4, 0.5) is 18.9 Å². The summed E-state index contributed by atoms with van der Waals surface area (Å²) in [5.41, 5.74) is 1.91. The number of nitrogens with one attached hydrogen (secondary N) is 2. The largest absolute Gasteiger partial charge is 0.490 e. The Labute approximate surface area is 179 Å². The van der Waals surface area contributed by atoms with E-state index in [0.717, 1.165) is 12.1 Å². The second-order valence-corrected chi connectivity index (χ2v) is 7.31. The highest BCUT2D eigenvalue weighted by Gasteiger charge is 2.30. The lowest BCUT2D eigenvalue weighted by Crippen LogP contribution is -2.24. The molecule has 0 aliphatic carbocycles. The highest BCUT2D eigenvalue weighted by molar-refractivity contribution is 9.10. The Balaban J connectivity index is 1.87. The first kappa shape index (κ1) is 23.4. The van der Waals surface area contributed by atoms with Crippen LogP contribution in [-0.4, -0.2) is 24.1 Å². The molecule has 0 atom stereocenters. The molecule has 2 N–H and O–H groups in total. The van der Waals surface area contributed by atoms with Crippen LogP contribution in [0.25, 0.3) is 0 Å². The minimum atomic E-state index is -4.53. The molecule has 0 spiro atoms. The Hall–Kier alpha value is -2.88. The molecule has 30 heavy (non-hydrogen) atoms. The summed E-state index contributed by atoms with van der Waals surface area (Å²) in [6.45, 7) is 3.81. The molecule has 10 heteroatoms. The van der Waals surface area contributed by atoms with Crippen LogP contribution in [0.2, 0.25) is 0 Å². The van der Waals surface area contributed by atoms with E-state index in [9.17, 15) is 22.8 Å². The van der Waals surface area contributed by atoms with Gasteiger partial charge < -0.3 is 10.1 Å². The van der Waals surface area contributed by atoms with Crippen molar-refractivity contribution in [3.05, 3.63) is 58.1 Å². The van der Waals surface area contributed by atoms with Crippen molar-refractivity contribution in [2.24, 2.45) is 5.10 Å². The van der Waals surface area contributed by atoms with Gasteiger partial charge in [-0.05, 0) is 71.7 Å². The number of nitrogens with zero attached hydrogens (tertiary/aromatic N) is 1. The fourth-order valence-electron chi connectivity index (χ4n) is 2.29. The molecule has 0 unspecified atom stereocenters. The Bertz CT molecular complexity index is 946. The van der Waals surface area contributed by atoms with Crippen molar-refractivity contribution >= 4 is 39.6 Å². The molecule has 0 heterocycles. The topological polar surface area (TPSA) is 79.8 Å². The number of hydrogen-bond acceptors (Lipinski definition) is 4. The van der Waals surface area contributed by atoms with Gasteiger partial charge in [-0.2, -0.15) is 18.3 Å². The minimum absolute atomic E-state index is 0.0159. The van der Waals surface area contributed by atoms with Crippen LogP contribution in [0.3, 0.4) is 0 Å². The van der Waals surface area contributed by atoms with E-state index >= 15 is 0 Å². The number of hydrogen-bond donors (Lipinski definition) is 2. The number of alkyl halides is 3. The Morgan fingerprint density at radius 1 is 1.17 bits per heavy atom. The number of ether oxygens (including phenoxy) is 1. The summed E-state index contributed by atoms with van der Waals surface area (Å²) >= 11 is 3.38. The molecule has 0 bridgehead atoms. The third-order valence-corrected chi connectivity index (χ3v) is 4.14. The molecule has 0 saturated heterocycles. The fraction of sp³-hybridized carbons (Fsp3) is 0.250. The van der Waals surface area contributed by atoms with Crippen LogP contribution < -0.4 is 15.5 Å². The van der Waals surface area contributed by atoms with E-state index in [4.69, 9.17) is 4.74 Å². The van der Waals surface area contributed by atoms with E-state index < -0.39 is 30.0 Å². The van der Waals surface area contributed by atoms with Gasteiger partial charge in [0.15, 0.2) is 0 Å². The average molecular weight is 486 g/mol. The molecule has 160 valence electrons. The van der Waals surface area contributed by atoms with E-state index in [1.54, 1.807) is 18.2 Å². The molecule has 2 amide bonds. The number of carbonyl (C=O) groups excluding carboxylic acids is 2. The molecule has 0 fully saturated rings. The van der Waals surface area contributed by atoms with Crippen molar-refractivity contribution in [1.29, 1.82) is 0 Å². The van der Waals surface area contributed by atoms with Crippen LogP contribution in [0.5, 0.6) is 5.75 Å². The second kappa shape index (κ2) is 10.2. The van der Waals surface area contributed by atoms with Gasteiger partial charge >= 0.3 is 6.18 Å². The zero-order valence-electron chi connectivity index (χ0n) is 16.1. The van der Waals surface area contributed by atoms with Gasteiger partial charge in [0.05, 0.1) is 22.4 Å². The van der Waals surface area contributed by atoms with Crippen LogP contribution in [0.15, 0.2) is 52.0 Å². The highest BCUT2D eigenvalue weighted by atomic mass is 79.9. The lowest BCUT2D eigenvalue weighted by atomic mass is 10.2.